The largest absolute Gasteiger partial charge is 0.507 e. The van der Waals surface area contributed by atoms with E-state index < -0.39 is 17.7 Å². The topological polar surface area (TPSA) is 98.2 Å². The van der Waals surface area contributed by atoms with Crippen LogP contribution in [0.25, 0.3) is 5.76 Å². The molecule has 1 aromatic heterocycles. The highest BCUT2D eigenvalue weighted by Gasteiger charge is 2.48. The van der Waals surface area contributed by atoms with E-state index in [-0.39, 0.29) is 17.4 Å². The van der Waals surface area contributed by atoms with Crippen molar-refractivity contribution in [3.8, 4) is 17.2 Å². The number of ether oxygens (including phenoxy) is 3. The normalized spacial score (nSPS) is 20.9. The number of nitrogens with zero attached hydrogens (tertiary/aromatic N) is 2. The molecule has 0 radical (unpaired) electrons. The summed E-state index contributed by atoms with van der Waals surface area (Å²) < 4.78 is 16.5. The number of benzene rings is 2. The Morgan fingerprint density at radius 3 is 2.65 bits per heavy atom. The van der Waals surface area contributed by atoms with Gasteiger partial charge in [-0.1, -0.05) is 6.07 Å². The molecular weight excluding hydrogens is 456 g/mol. The summed E-state index contributed by atoms with van der Waals surface area (Å²) in [7, 11) is 3.03. The van der Waals surface area contributed by atoms with Gasteiger partial charge in [0.15, 0.2) is 16.6 Å². The molecule has 1 saturated heterocycles. The number of thiazole rings is 1. The van der Waals surface area contributed by atoms with Crippen LogP contribution in [0, 0.1) is 0 Å². The van der Waals surface area contributed by atoms with Gasteiger partial charge in [-0.2, -0.15) is 0 Å². The summed E-state index contributed by atoms with van der Waals surface area (Å²) in [5.74, 6) is -0.0890. The Kier molecular flexibility index (Phi) is 5.49. The van der Waals surface area contributed by atoms with E-state index in [1.807, 2.05) is 6.92 Å². The zero-order chi connectivity index (χ0) is 24.0. The number of amides is 1. The minimum Gasteiger partial charge on any atom is -0.507 e. The van der Waals surface area contributed by atoms with Crippen molar-refractivity contribution < 1.29 is 28.9 Å². The highest BCUT2D eigenvalue weighted by Crippen LogP contribution is 2.45. The average molecular weight is 479 g/mol. The third-order valence-corrected chi connectivity index (χ3v) is 6.73. The van der Waals surface area contributed by atoms with Crippen LogP contribution in [0.4, 0.5) is 5.13 Å². The van der Waals surface area contributed by atoms with Gasteiger partial charge in [0.1, 0.15) is 17.6 Å². The molecule has 2 atom stereocenters. The summed E-state index contributed by atoms with van der Waals surface area (Å²) in [5, 5.41) is 13.4. The molecule has 1 amide bonds. The van der Waals surface area contributed by atoms with Crippen molar-refractivity contribution in [3.63, 3.8) is 0 Å². The van der Waals surface area contributed by atoms with Gasteiger partial charge < -0.3 is 19.3 Å². The Bertz CT molecular complexity index is 1320. The Hall–Kier alpha value is -3.85. The number of aliphatic hydroxyl groups excluding tert-OH is 1. The monoisotopic (exact) mass is 478 g/mol. The molecule has 0 spiro atoms. The summed E-state index contributed by atoms with van der Waals surface area (Å²) in [6.45, 7) is 1.97. The highest BCUT2D eigenvalue weighted by atomic mass is 32.1. The zero-order valence-corrected chi connectivity index (χ0v) is 19.6. The summed E-state index contributed by atoms with van der Waals surface area (Å²) in [5.41, 5.74) is 1.94. The van der Waals surface area contributed by atoms with Gasteiger partial charge in [-0.15, -0.1) is 11.3 Å². The van der Waals surface area contributed by atoms with E-state index in [0.29, 0.717) is 34.2 Å². The Morgan fingerprint density at radius 1 is 1.15 bits per heavy atom. The first-order valence-corrected chi connectivity index (χ1v) is 11.5. The number of hydrogen-bond acceptors (Lipinski definition) is 8. The summed E-state index contributed by atoms with van der Waals surface area (Å²) in [6.07, 6.45) is 2.30. The van der Waals surface area contributed by atoms with Crippen LogP contribution in [0.15, 0.2) is 53.5 Å². The van der Waals surface area contributed by atoms with Crippen LogP contribution < -0.4 is 19.1 Å². The van der Waals surface area contributed by atoms with Crippen molar-refractivity contribution >= 4 is 33.9 Å². The number of carbonyl (C=O) groups excluding carboxylic acids is 2. The van der Waals surface area contributed by atoms with Crippen molar-refractivity contribution in [1.29, 1.82) is 0 Å². The molecule has 2 aliphatic heterocycles. The second kappa shape index (κ2) is 8.49. The van der Waals surface area contributed by atoms with Gasteiger partial charge >= 0.3 is 5.91 Å². The van der Waals surface area contributed by atoms with E-state index in [1.165, 1.54) is 30.5 Å². The summed E-state index contributed by atoms with van der Waals surface area (Å²) in [6, 6.07) is 9.51. The van der Waals surface area contributed by atoms with E-state index in [0.717, 1.165) is 11.3 Å². The van der Waals surface area contributed by atoms with Crippen LogP contribution in [0.1, 0.15) is 29.7 Å². The van der Waals surface area contributed by atoms with Crippen LogP contribution in [0.2, 0.25) is 0 Å². The van der Waals surface area contributed by atoms with E-state index in [2.05, 4.69) is 4.98 Å². The number of carbonyl (C=O) groups is 2. The van der Waals surface area contributed by atoms with Gasteiger partial charge in [0.25, 0.3) is 5.78 Å². The van der Waals surface area contributed by atoms with E-state index >= 15 is 0 Å². The van der Waals surface area contributed by atoms with Gasteiger partial charge in [-0.25, -0.2) is 4.98 Å². The molecular formula is C25H22N2O6S. The molecule has 34 heavy (non-hydrogen) atoms. The number of rotatable bonds is 5. The number of hydrogen-bond donors (Lipinski definition) is 1. The smallest absolute Gasteiger partial charge is 0.301 e. The second-order valence-electron chi connectivity index (χ2n) is 8.05. The minimum atomic E-state index is -0.894. The minimum absolute atomic E-state index is 0.0145. The number of aliphatic hydroxyl groups is 1. The van der Waals surface area contributed by atoms with Gasteiger partial charge in [0.2, 0.25) is 0 Å². The standard InChI is InChI=1S/C25H22N2O6S/c1-13-10-16-11-15(5-6-17(16)33-13)22(28)20-21(14-4-7-18(31-2)19(12-14)32-3)27(24(30)23(20)29)25-26-8-9-34-25/h4-9,11-13,21,28H,10H2,1-3H3/b22-20+. The van der Waals surface area contributed by atoms with E-state index in [1.54, 1.807) is 48.0 Å². The molecule has 174 valence electrons. The third kappa shape index (κ3) is 3.49. The number of ketones is 1. The maximum absolute atomic E-state index is 13.3. The van der Waals surface area contributed by atoms with Crippen LogP contribution in [0.5, 0.6) is 17.2 Å². The predicted molar refractivity (Wildman–Crippen MR) is 127 cm³/mol. The van der Waals surface area contributed by atoms with Crippen molar-refractivity contribution in [2.45, 2.75) is 25.5 Å². The predicted octanol–water partition coefficient (Wildman–Crippen LogP) is 4.11. The maximum atomic E-state index is 13.3. The first-order valence-electron chi connectivity index (χ1n) is 10.6. The average Bonchev–Trinajstić information content (AvgIpc) is 3.56. The van der Waals surface area contributed by atoms with Crippen molar-refractivity contribution in [2.75, 3.05) is 19.1 Å². The Morgan fingerprint density at radius 2 is 1.94 bits per heavy atom. The van der Waals surface area contributed by atoms with Gasteiger partial charge in [-0.3, -0.25) is 14.5 Å². The van der Waals surface area contributed by atoms with Crippen LogP contribution in [-0.2, 0) is 16.0 Å². The van der Waals surface area contributed by atoms with Gasteiger partial charge in [0, 0.05) is 23.6 Å². The van der Waals surface area contributed by atoms with Crippen molar-refractivity contribution in [3.05, 3.63) is 70.2 Å². The second-order valence-corrected chi connectivity index (χ2v) is 8.93. The van der Waals surface area contributed by atoms with E-state index in [9.17, 15) is 14.7 Å². The number of methoxy groups -OCH3 is 2. The molecule has 2 aliphatic rings. The summed E-state index contributed by atoms with van der Waals surface area (Å²) >= 11 is 1.23. The lowest BCUT2D eigenvalue weighted by molar-refractivity contribution is -0.132. The molecule has 1 fully saturated rings. The fourth-order valence-corrected chi connectivity index (χ4v) is 5.09. The molecule has 9 heteroatoms. The van der Waals surface area contributed by atoms with Crippen LogP contribution >= 0.6 is 11.3 Å². The number of anilines is 1. The molecule has 1 N–H and O–H groups in total. The Balaban J connectivity index is 1.69. The Labute approximate surface area is 200 Å². The fraction of sp³-hybridized carbons (Fsp3) is 0.240. The molecule has 2 unspecified atom stereocenters. The van der Waals surface area contributed by atoms with Gasteiger partial charge in [0.05, 0.1) is 25.8 Å². The molecule has 0 saturated carbocycles. The number of Topliss-reactive ketones (excluding diaryl/α,β-unsaturated/α-hetero) is 1. The molecule has 5 rings (SSSR count). The van der Waals surface area contributed by atoms with Gasteiger partial charge in [-0.05, 0) is 48.4 Å². The molecule has 0 aliphatic carbocycles. The molecule has 3 aromatic rings. The van der Waals surface area contributed by atoms with E-state index in [4.69, 9.17) is 14.2 Å². The number of aromatic nitrogens is 1. The molecule has 3 heterocycles. The SMILES string of the molecule is COc1ccc(C2/C(=C(\O)c3ccc4c(c3)CC(C)O4)C(=O)C(=O)N2c2nccs2)cc1OC. The zero-order valence-electron chi connectivity index (χ0n) is 18.8. The summed E-state index contributed by atoms with van der Waals surface area (Å²) in [4.78, 5) is 32.0. The first-order chi connectivity index (χ1) is 16.4. The van der Waals surface area contributed by atoms with Crippen LogP contribution in [-0.4, -0.2) is 42.1 Å². The maximum Gasteiger partial charge on any atom is 0.301 e. The highest BCUT2D eigenvalue weighted by molar-refractivity contribution is 7.14. The lowest BCUT2D eigenvalue weighted by atomic mass is 9.94. The fourth-order valence-electron chi connectivity index (χ4n) is 4.43. The molecule has 0 bridgehead atoms. The lowest BCUT2D eigenvalue weighted by Crippen LogP contribution is -2.29. The quantitative estimate of drug-likeness (QED) is 0.335. The van der Waals surface area contributed by atoms with Crippen molar-refractivity contribution in [1.82, 2.24) is 4.98 Å². The number of fused-ring (bicyclic) bond motifs is 1. The van der Waals surface area contributed by atoms with Crippen LogP contribution in [0.3, 0.4) is 0 Å². The third-order valence-electron chi connectivity index (χ3n) is 5.96. The molecule has 8 nitrogen and oxygen atoms in total. The molecule has 2 aromatic carbocycles. The first kappa shape index (κ1) is 22.0. The lowest BCUT2D eigenvalue weighted by Gasteiger charge is -2.23. The van der Waals surface area contributed by atoms with Crippen molar-refractivity contribution in [2.24, 2.45) is 0 Å².